The number of methoxy groups -OCH3 is 1. The third-order valence-electron chi connectivity index (χ3n) is 4.17. The first-order valence-corrected chi connectivity index (χ1v) is 7.81. The Hall–Kier alpha value is -3.75. The molecule has 0 radical (unpaired) electrons. The van der Waals surface area contributed by atoms with E-state index < -0.39 is 4.92 Å². The highest BCUT2D eigenvalue weighted by Crippen LogP contribution is 2.32. The van der Waals surface area contributed by atoms with Crippen molar-refractivity contribution in [1.29, 1.82) is 0 Å². The van der Waals surface area contributed by atoms with E-state index in [0.29, 0.717) is 5.95 Å². The predicted octanol–water partition coefficient (Wildman–Crippen LogP) is 2.65. The molecule has 1 aliphatic rings. The third kappa shape index (κ3) is 2.75. The predicted molar refractivity (Wildman–Crippen MR) is 93.6 cm³/mol. The lowest BCUT2D eigenvalue weighted by Gasteiger charge is -2.23. The molecule has 0 saturated carbocycles. The van der Waals surface area contributed by atoms with Crippen LogP contribution < -0.4 is 10.1 Å². The monoisotopic (exact) mass is 350 g/mol. The lowest BCUT2D eigenvalue weighted by molar-refractivity contribution is -0.384. The normalized spacial score (nSPS) is 15.6. The second-order valence-corrected chi connectivity index (χ2v) is 5.67. The van der Waals surface area contributed by atoms with Gasteiger partial charge < -0.3 is 10.1 Å². The van der Waals surface area contributed by atoms with Crippen LogP contribution in [0.5, 0.6) is 5.75 Å². The summed E-state index contributed by atoms with van der Waals surface area (Å²) in [5, 5.41) is 25.8. The van der Waals surface area contributed by atoms with E-state index in [0.717, 1.165) is 22.6 Å². The van der Waals surface area contributed by atoms with Crippen LogP contribution in [0.1, 0.15) is 17.2 Å². The summed E-state index contributed by atoms with van der Waals surface area (Å²) in [7, 11) is 1.62. The Bertz CT molecular complexity index is 978. The number of rotatable bonds is 4. The molecule has 130 valence electrons. The quantitative estimate of drug-likeness (QED) is 0.569. The van der Waals surface area contributed by atoms with Crippen LogP contribution in [0.2, 0.25) is 0 Å². The molecule has 1 atom stereocenters. The SMILES string of the molecule is COc1ccc(C2=CC(c3ccc([N+](=O)[O-])cc3)n3nnnc3N2)cc1. The number of allylic oxidation sites excluding steroid dienone is 1. The van der Waals surface area contributed by atoms with Crippen molar-refractivity contribution in [1.82, 2.24) is 20.2 Å². The number of tetrazole rings is 1. The summed E-state index contributed by atoms with van der Waals surface area (Å²) in [6, 6.07) is 13.7. The van der Waals surface area contributed by atoms with Gasteiger partial charge in [-0.05, 0) is 64.0 Å². The van der Waals surface area contributed by atoms with Crippen LogP contribution in [-0.2, 0) is 0 Å². The Labute approximate surface area is 148 Å². The maximum absolute atomic E-state index is 10.9. The standard InChI is InChI=1S/C17H14N6O3/c1-26-14-8-4-11(5-9-14)15-10-16(22-17(18-15)19-20-21-22)12-2-6-13(7-3-12)23(24)25/h2-10,16H,1H3,(H,18,19,21). The molecule has 26 heavy (non-hydrogen) atoms. The molecule has 2 heterocycles. The first kappa shape index (κ1) is 15.8. The van der Waals surface area contributed by atoms with Crippen molar-refractivity contribution < 1.29 is 9.66 Å². The first-order valence-electron chi connectivity index (χ1n) is 7.81. The number of nitro benzene ring substituents is 1. The summed E-state index contributed by atoms with van der Waals surface area (Å²) >= 11 is 0. The van der Waals surface area contributed by atoms with Crippen LogP contribution in [-0.4, -0.2) is 32.2 Å². The van der Waals surface area contributed by atoms with Crippen LogP contribution in [0.25, 0.3) is 5.70 Å². The average Bonchev–Trinajstić information content (AvgIpc) is 3.16. The van der Waals surface area contributed by atoms with Gasteiger partial charge in [0.25, 0.3) is 5.69 Å². The molecular weight excluding hydrogens is 336 g/mol. The summed E-state index contributed by atoms with van der Waals surface area (Å²) in [5.74, 6) is 1.27. The Morgan fingerprint density at radius 3 is 2.54 bits per heavy atom. The molecule has 0 fully saturated rings. The largest absolute Gasteiger partial charge is 0.497 e. The van der Waals surface area contributed by atoms with Gasteiger partial charge in [0, 0.05) is 17.8 Å². The van der Waals surface area contributed by atoms with E-state index in [4.69, 9.17) is 4.74 Å². The van der Waals surface area contributed by atoms with Crippen molar-refractivity contribution in [2.75, 3.05) is 12.4 Å². The molecule has 1 aromatic heterocycles. The van der Waals surface area contributed by atoms with Gasteiger partial charge in [0.05, 0.1) is 12.0 Å². The average molecular weight is 350 g/mol. The molecule has 0 aliphatic carbocycles. The zero-order chi connectivity index (χ0) is 18.1. The maximum Gasteiger partial charge on any atom is 0.269 e. The summed E-state index contributed by atoms with van der Waals surface area (Å²) in [4.78, 5) is 10.4. The van der Waals surface area contributed by atoms with Gasteiger partial charge in [-0.1, -0.05) is 5.10 Å². The van der Waals surface area contributed by atoms with Crippen molar-refractivity contribution in [3.8, 4) is 5.75 Å². The number of ether oxygens (including phenoxy) is 1. The molecule has 0 bridgehead atoms. The molecule has 1 aliphatic heterocycles. The van der Waals surface area contributed by atoms with Crippen molar-refractivity contribution in [2.45, 2.75) is 6.04 Å². The second kappa shape index (κ2) is 6.28. The van der Waals surface area contributed by atoms with Crippen LogP contribution >= 0.6 is 0 Å². The van der Waals surface area contributed by atoms with E-state index in [1.165, 1.54) is 12.1 Å². The van der Waals surface area contributed by atoms with Crippen molar-refractivity contribution >= 4 is 17.3 Å². The minimum atomic E-state index is -0.423. The van der Waals surface area contributed by atoms with Gasteiger partial charge in [-0.25, -0.2) is 0 Å². The highest BCUT2D eigenvalue weighted by Gasteiger charge is 2.24. The summed E-state index contributed by atoms with van der Waals surface area (Å²) in [6.45, 7) is 0. The summed E-state index contributed by atoms with van der Waals surface area (Å²) < 4.78 is 6.82. The van der Waals surface area contributed by atoms with Crippen LogP contribution in [0, 0.1) is 10.1 Å². The molecule has 0 amide bonds. The second-order valence-electron chi connectivity index (χ2n) is 5.67. The van der Waals surface area contributed by atoms with Gasteiger partial charge in [-0.15, -0.1) is 0 Å². The van der Waals surface area contributed by atoms with Crippen LogP contribution in [0.4, 0.5) is 11.6 Å². The number of nitrogens with zero attached hydrogens (tertiary/aromatic N) is 5. The number of benzene rings is 2. The fourth-order valence-electron chi connectivity index (χ4n) is 2.82. The van der Waals surface area contributed by atoms with Crippen LogP contribution in [0.15, 0.2) is 54.6 Å². The summed E-state index contributed by atoms with van der Waals surface area (Å²) in [6.07, 6.45) is 1.98. The molecule has 0 saturated heterocycles. The zero-order valence-electron chi connectivity index (χ0n) is 13.7. The van der Waals surface area contributed by atoms with Gasteiger partial charge in [-0.3, -0.25) is 10.1 Å². The minimum Gasteiger partial charge on any atom is -0.497 e. The zero-order valence-corrected chi connectivity index (χ0v) is 13.7. The molecular formula is C17H14N6O3. The van der Waals surface area contributed by atoms with Gasteiger partial charge in [0.15, 0.2) is 0 Å². The van der Waals surface area contributed by atoms with E-state index in [1.54, 1.807) is 23.9 Å². The van der Waals surface area contributed by atoms with Gasteiger partial charge in [0.2, 0.25) is 5.95 Å². The molecule has 9 heteroatoms. The number of hydrogen-bond acceptors (Lipinski definition) is 7. The number of fused-ring (bicyclic) bond motifs is 1. The Morgan fingerprint density at radius 2 is 1.88 bits per heavy atom. The van der Waals surface area contributed by atoms with Crippen molar-refractivity contribution in [2.24, 2.45) is 0 Å². The number of non-ortho nitro benzene ring substituents is 1. The number of aromatic nitrogens is 4. The molecule has 0 spiro atoms. The highest BCUT2D eigenvalue weighted by molar-refractivity contribution is 5.77. The Morgan fingerprint density at radius 1 is 1.15 bits per heavy atom. The topological polar surface area (TPSA) is 108 Å². The number of hydrogen-bond donors (Lipinski definition) is 1. The van der Waals surface area contributed by atoms with E-state index >= 15 is 0 Å². The fourth-order valence-corrected chi connectivity index (χ4v) is 2.82. The molecule has 1 unspecified atom stereocenters. The maximum atomic E-state index is 10.9. The molecule has 4 rings (SSSR count). The minimum absolute atomic E-state index is 0.0407. The fraction of sp³-hybridized carbons (Fsp3) is 0.118. The van der Waals surface area contributed by atoms with Gasteiger partial charge in [-0.2, -0.15) is 4.68 Å². The van der Waals surface area contributed by atoms with E-state index in [-0.39, 0.29) is 11.7 Å². The number of nitrogens with one attached hydrogen (secondary N) is 1. The lowest BCUT2D eigenvalue weighted by Crippen LogP contribution is -2.20. The molecule has 3 aromatic rings. The molecule has 2 aromatic carbocycles. The third-order valence-corrected chi connectivity index (χ3v) is 4.17. The van der Waals surface area contributed by atoms with Crippen LogP contribution in [0.3, 0.4) is 0 Å². The highest BCUT2D eigenvalue weighted by atomic mass is 16.6. The summed E-state index contributed by atoms with van der Waals surface area (Å²) in [5.41, 5.74) is 2.68. The first-order chi connectivity index (χ1) is 12.7. The van der Waals surface area contributed by atoms with E-state index in [1.807, 2.05) is 30.3 Å². The van der Waals surface area contributed by atoms with E-state index in [9.17, 15) is 10.1 Å². The van der Waals surface area contributed by atoms with Crippen molar-refractivity contribution in [3.63, 3.8) is 0 Å². The Balaban J connectivity index is 1.74. The van der Waals surface area contributed by atoms with Gasteiger partial charge >= 0.3 is 0 Å². The van der Waals surface area contributed by atoms with Gasteiger partial charge in [0.1, 0.15) is 11.8 Å². The molecule has 9 nitrogen and oxygen atoms in total. The number of nitro groups is 1. The lowest BCUT2D eigenvalue weighted by atomic mass is 10.0. The number of anilines is 1. The molecule has 1 N–H and O–H groups in total. The smallest absolute Gasteiger partial charge is 0.269 e. The van der Waals surface area contributed by atoms with Crippen molar-refractivity contribution in [3.05, 3.63) is 75.8 Å². The Kier molecular flexibility index (Phi) is 3.81. The van der Waals surface area contributed by atoms with E-state index in [2.05, 4.69) is 20.8 Å².